The van der Waals surface area contributed by atoms with Crippen LogP contribution in [0.4, 0.5) is 0 Å². The van der Waals surface area contributed by atoms with Crippen molar-refractivity contribution in [3.05, 3.63) is 39.9 Å². The Morgan fingerprint density at radius 3 is 2.84 bits per heavy atom. The van der Waals surface area contributed by atoms with Gasteiger partial charge in [0.1, 0.15) is 5.82 Å². The minimum absolute atomic E-state index is 0.00603. The van der Waals surface area contributed by atoms with Gasteiger partial charge >= 0.3 is 0 Å². The molecule has 0 fully saturated rings. The van der Waals surface area contributed by atoms with E-state index < -0.39 is 0 Å². The van der Waals surface area contributed by atoms with E-state index in [0.717, 1.165) is 38.1 Å². The predicted octanol–water partition coefficient (Wildman–Crippen LogP) is 3.29. The van der Waals surface area contributed by atoms with Crippen LogP contribution in [0.15, 0.2) is 23.0 Å². The van der Waals surface area contributed by atoms with E-state index in [4.69, 9.17) is 0 Å². The summed E-state index contributed by atoms with van der Waals surface area (Å²) in [6.07, 6.45) is 5.05. The second-order valence-corrected chi connectivity index (χ2v) is 7.52. The maximum atomic E-state index is 12.5. The Hall–Kier alpha value is -2.17. The number of benzene rings is 1. The van der Waals surface area contributed by atoms with E-state index >= 15 is 0 Å². The lowest BCUT2D eigenvalue weighted by Crippen LogP contribution is -2.32. The monoisotopic (exact) mass is 341 g/mol. The van der Waals surface area contributed by atoms with E-state index in [2.05, 4.69) is 24.1 Å². The highest BCUT2D eigenvalue weighted by molar-refractivity contribution is 5.97. The summed E-state index contributed by atoms with van der Waals surface area (Å²) < 4.78 is 1.75. The van der Waals surface area contributed by atoms with Gasteiger partial charge in [-0.3, -0.25) is 14.2 Å². The van der Waals surface area contributed by atoms with Crippen molar-refractivity contribution in [1.82, 2.24) is 14.9 Å². The fourth-order valence-electron chi connectivity index (χ4n) is 3.44. The molecule has 1 unspecified atom stereocenters. The first-order valence-corrected chi connectivity index (χ1v) is 9.30. The normalized spacial score (nSPS) is 14.7. The summed E-state index contributed by atoms with van der Waals surface area (Å²) in [4.78, 5) is 29.6. The molecule has 2 heterocycles. The summed E-state index contributed by atoms with van der Waals surface area (Å²) in [6.45, 7) is 7.21. The van der Waals surface area contributed by atoms with Crippen LogP contribution in [0, 0.1) is 5.92 Å². The van der Waals surface area contributed by atoms with Gasteiger partial charge in [0.05, 0.1) is 10.9 Å². The van der Waals surface area contributed by atoms with Gasteiger partial charge in [0.25, 0.3) is 11.5 Å². The van der Waals surface area contributed by atoms with Crippen molar-refractivity contribution in [3.8, 4) is 0 Å². The smallest absolute Gasteiger partial charge is 0.261 e. The molecule has 5 heteroatoms. The summed E-state index contributed by atoms with van der Waals surface area (Å²) in [7, 11) is 0. The van der Waals surface area contributed by atoms with E-state index in [1.807, 2.05) is 6.92 Å². The van der Waals surface area contributed by atoms with Crippen molar-refractivity contribution in [2.75, 3.05) is 0 Å². The highest BCUT2D eigenvalue weighted by Gasteiger charge is 2.17. The summed E-state index contributed by atoms with van der Waals surface area (Å²) in [6, 6.07) is 5.34. The third kappa shape index (κ3) is 3.91. The molecule has 1 aliphatic heterocycles. The molecule has 0 saturated carbocycles. The molecule has 1 aromatic carbocycles. The average molecular weight is 341 g/mol. The van der Waals surface area contributed by atoms with Crippen molar-refractivity contribution in [2.24, 2.45) is 5.92 Å². The van der Waals surface area contributed by atoms with Gasteiger partial charge in [-0.2, -0.15) is 0 Å². The molecule has 1 atom stereocenters. The van der Waals surface area contributed by atoms with Crippen LogP contribution in [0.1, 0.15) is 62.6 Å². The first-order valence-electron chi connectivity index (χ1n) is 9.30. The molecule has 0 bridgehead atoms. The van der Waals surface area contributed by atoms with Crippen LogP contribution in [0.2, 0.25) is 0 Å². The molecule has 1 aliphatic rings. The minimum atomic E-state index is -0.0960. The fourth-order valence-corrected chi connectivity index (χ4v) is 3.44. The van der Waals surface area contributed by atoms with Gasteiger partial charge in [-0.25, -0.2) is 4.98 Å². The number of carbonyl (C=O) groups is 1. The molecule has 25 heavy (non-hydrogen) atoms. The zero-order valence-corrected chi connectivity index (χ0v) is 15.3. The van der Waals surface area contributed by atoms with Gasteiger partial charge in [0, 0.05) is 24.6 Å². The van der Waals surface area contributed by atoms with Crippen molar-refractivity contribution >= 4 is 16.8 Å². The van der Waals surface area contributed by atoms with E-state index in [1.165, 1.54) is 6.42 Å². The number of fused-ring (bicyclic) bond motifs is 2. The quantitative estimate of drug-likeness (QED) is 0.877. The molecule has 0 aliphatic carbocycles. The Kier molecular flexibility index (Phi) is 5.21. The second kappa shape index (κ2) is 7.38. The first-order chi connectivity index (χ1) is 12.0. The molecule has 0 saturated heterocycles. The third-order valence-electron chi connectivity index (χ3n) is 4.87. The van der Waals surface area contributed by atoms with E-state index in [0.29, 0.717) is 22.4 Å². The topological polar surface area (TPSA) is 64.0 Å². The molecule has 1 N–H and O–H groups in total. The second-order valence-electron chi connectivity index (χ2n) is 7.52. The molecule has 3 rings (SSSR count). The van der Waals surface area contributed by atoms with Crippen LogP contribution in [0.25, 0.3) is 10.9 Å². The molecule has 0 spiro atoms. The molecule has 2 aromatic rings. The number of rotatable bonds is 6. The van der Waals surface area contributed by atoms with Gasteiger partial charge in [0.15, 0.2) is 0 Å². The highest BCUT2D eigenvalue weighted by atomic mass is 16.1. The molecule has 134 valence electrons. The van der Waals surface area contributed by atoms with Crippen molar-refractivity contribution in [2.45, 2.75) is 65.5 Å². The maximum Gasteiger partial charge on any atom is 0.261 e. The Balaban J connectivity index is 1.74. The van der Waals surface area contributed by atoms with Crippen LogP contribution >= 0.6 is 0 Å². The Bertz CT molecular complexity index is 839. The summed E-state index contributed by atoms with van der Waals surface area (Å²) in [5.74, 6) is 1.42. The predicted molar refractivity (Wildman–Crippen MR) is 99.9 cm³/mol. The zero-order valence-electron chi connectivity index (χ0n) is 15.3. The molecule has 0 radical (unpaired) electrons. The number of hydrogen-bond donors (Lipinski definition) is 1. The standard InChI is InChI=1S/C20H27N3O2/c1-13(2)6-4-7-14(3)21-19(24)15-9-10-16-17(12-15)22-18-8-5-11-23(18)20(16)25/h9-10,12-14H,4-8,11H2,1-3H3,(H,21,24). The van der Waals surface area contributed by atoms with E-state index in [-0.39, 0.29) is 17.5 Å². The van der Waals surface area contributed by atoms with Gasteiger partial charge < -0.3 is 5.32 Å². The molecule has 5 nitrogen and oxygen atoms in total. The third-order valence-corrected chi connectivity index (χ3v) is 4.87. The molecular weight excluding hydrogens is 314 g/mol. The Labute approximate surface area is 148 Å². The van der Waals surface area contributed by atoms with E-state index in [1.54, 1.807) is 22.8 Å². The fraction of sp³-hybridized carbons (Fsp3) is 0.550. The first kappa shape index (κ1) is 17.6. The number of hydrogen-bond acceptors (Lipinski definition) is 3. The van der Waals surface area contributed by atoms with Crippen LogP contribution in [0.5, 0.6) is 0 Å². The number of aryl methyl sites for hydroxylation is 1. The van der Waals surface area contributed by atoms with Crippen LogP contribution < -0.4 is 10.9 Å². The van der Waals surface area contributed by atoms with E-state index in [9.17, 15) is 9.59 Å². The number of nitrogens with one attached hydrogen (secondary N) is 1. The molecule has 1 aromatic heterocycles. The summed E-state index contributed by atoms with van der Waals surface area (Å²) in [5.41, 5.74) is 1.20. The summed E-state index contributed by atoms with van der Waals surface area (Å²) in [5, 5.41) is 3.64. The van der Waals surface area contributed by atoms with Crippen LogP contribution in [-0.2, 0) is 13.0 Å². The van der Waals surface area contributed by atoms with Crippen LogP contribution in [-0.4, -0.2) is 21.5 Å². The minimum Gasteiger partial charge on any atom is -0.350 e. The van der Waals surface area contributed by atoms with Gasteiger partial charge in [-0.1, -0.05) is 26.7 Å². The number of amides is 1. The highest BCUT2D eigenvalue weighted by Crippen LogP contribution is 2.16. The van der Waals surface area contributed by atoms with Crippen molar-refractivity contribution in [3.63, 3.8) is 0 Å². The number of aromatic nitrogens is 2. The summed E-state index contributed by atoms with van der Waals surface area (Å²) >= 11 is 0. The van der Waals surface area contributed by atoms with Gasteiger partial charge in [-0.05, 0) is 43.9 Å². The Morgan fingerprint density at radius 2 is 2.08 bits per heavy atom. The molecular formula is C20H27N3O2. The average Bonchev–Trinajstić information content (AvgIpc) is 3.02. The lowest BCUT2D eigenvalue weighted by Gasteiger charge is -2.15. The van der Waals surface area contributed by atoms with Gasteiger partial charge in [-0.15, -0.1) is 0 Å². The largest absolute Gasteiger partial charge is 0.350 e. The SMILES string of the molecule is CC(C)CCCC(C)NC(=O)c1ccc2c(=O)n3c(nc2c1)CCC3. The van der Waals surface area contributed by atoms with Crippen molar-refractivity contribution in [1.29, 1.82) is 0 Å². The maximum absolute atomic E-state index is 12.5. The zero-order chi connectivity index (χ0) is 18.0. The van der Waals surface area contributed by atoms with Crippen molar-refractivity contribution < 1.29 is 4.79 Å². The lowest BCUT2D eigenvalue weighted by molar-refractivity contribution is 0.0938. The number of carbonyl (C=O) groups excluding carboxylic acids is 1. The molecule has 1 amide bonds. The van der Waals surface area contributed by atoms with Crippen LogP contribution in [0.3, 0.4) is 0 Å². The Morgan fingerprint density at radius 1 is 1.28 bits per heavy atom. The van der Waals surface area contributed by atoms with Gasteiger partial charge in [0.2, 0.25) is 0 Å². The number of nitrogens with zero attached hydrogens (tertiary/aromatic N) is 2. The lowest BCUT2D eigenvalue weighted by atomic mass is 10.0.